The van der Waals surface area contributed by atoms with E-state index in [1.807, 2.05) is 24.3 Å². The fraction of sp³-hybridized carbons (Fsp3) is 0.0625. The number of carbonyl (C=O) groups excluding carboxylic acids is 1. The Bertz CT molecular complexity index is 848. The first-order valence-electron chi connectivity index (χ1n) is 6.71. The molecule has 0 unspecified atom stereocenters. The van der Waals surface area contributed by atoms with Gasteiger partial charge in [0.05, 0.1) is 12.7 Å². The summed E-state index contributed by atoms with van der Waals surface area (Å²) in [5, 5.41) is 10.3. The molecule has 116 valence electrons. The Morgan fingerprint density at radius 2 is 2.00 bits per heavy atom. The standard InChI is InChI=1S/C16H12BrN3O3/c1-22-11-6-4-5-10(9-11)15-19-20-16(23-15)18-14(21)12-7-2-3-8-13(12)17/h2-9H,1H3,(H,18,20,21). The third kappa shape index (κ3) is 3.40. The minimum absolute atomic E-state index is 0.0311. The van der Waals surface area contributed by atoms with Gasteiger partial charge in [0.15, 0.2) is 0 Å². The van der Waals surface area contributed by atoms with Crippen LogP contribution in [0.1, 0.15) is 10.4 Å². The lowest BCUT2D eigenvalue weighted by molar-refractivity contribution is 0.102. The molecule has 3 rings (SSSR count). The summed E-state index contributed by atoms with van der Waals surface area (Å²) < 4.78 is 11.3. The number of halogens is 1. The van der Waals surface area contributed by atoms with E-state index in [1.54, 1.807) is 31.4 Å². The van der Waals surface area contributed by atoms with Crippen LogP contribution >= 0.6 is 15.9 Å². The van der Waals surface area contributed by atoms with E-state index < -0.39 is 0 Å². The van der Waals surface area contributed by atoms with Gasteiger partial charge in [-0.25, -0.2) is 0 Å². The van der Waals surface area contributed by atoms with Crippen molar-refractivity contribution in [1.82, 2.24) is 10.2 Å². The van der Waals surface area contributed by atoms with E-state index in [0.717, 1.165) is 0 Å². The van der Waals surface area contributed by atoms with Crippen molar-refractivity contribution in [2.75, 3.05) is 12.4 Å². The number of hydrogen-bond donors (Lipinski definition) is 1. The van der Waals surface area contributed by atoms with Gasteiger partial charge in [-0.2, -0.15) is 0 Å². The lowest BCUT2D eigenvalue weighted by Gasteiger charge is -2.02. The zero-order valence-corrected chi connectivity index (χ0v) is 13.7. The molecule has 0 radical (unpaired) electrons. The number of nitrogens with zero attached hydrogens (tertiary/aromatic N) is 2. The summed E-state index contributed by atoms with van der Waals surface area (Å²) >= 11 is 3.33. The van der Waals surface area contributed by atoms with Crippen molar-refractivity contribution in [3.63, 3.8) is 0 Å². The van der Waals surface area contributed by atoms with Crippen molar-refractivity contribution in [3.8, 4) is 17.2 Å². The van der Waals surface area contributed by atoms with Gasteiger partial charge in [0.25, 0.3) is 5.91 Å². The fourth-order valence-electron chi connectivity index (χ4n) is 1.96. The number of ether oxygens (including phenoxy) is 1. The van der Waals surface area contributed by atoms with E-state index in [-0.39, 0.29) is 11.9 Å². The normalized spacial score (nSPS) is 10.3. The summed E-state index contributed by atoms with van der Waals surface area (Å²) in [6.45, 7) is 0. The number of carbonyl (C=O) groups is 1. The molecule has 1 N–H and O–H groups in total. The second kappa shape index (κ2) is 6.62. The van der Waals surface area contributed by atoms with E-state index in [9.17, 15) is 4.79 Å². The van der Waals surface area contributed by atoms with Crippen LogP contribution in [0.4, 0.5) is 6.01 Å². The summed E-state index contributed by atoms with van der Waals surface area (Å²) in [5.41, 5.74) is 1.19. The molecule has 0 aliphatic rings. The molecular weight excluding hydrogens is 362 g/mol. The van der Waals surface area contributed by atoms with E-state index in [1.165, 1.54) is 0 Å². The number of benzene rings is 2. The molecule has 0 aliphatic carbocycles. The first-order valence-corrected chi connectivity index (χ1v) is 7.50. The monoisotopic (exact) mass is 373 g/mol. The van der Waals surface area contributed by atoms with Gasteiger partial charge < -0.3 is 9.15 Å². The number of amides is 1. The number of anilines is 1. The van der Waals surface area contributed by atoms with Crippen LogP contribution in [0.5, 0.6) is 5.75 Å². The number of nitrogens with one attached hydrogen (secondary N) is 1. The van der Waals surface area contributed by atoms with Crippen LogP contribution in [0.2, 0.25) is 0 Å². The molecule has 0 aliphatic heterocycles. The van der Waals surface area contributed by atoms with Crippen LogP contribution in [0.25, 0.3) is 11.5 Å². The number of rotatable bonds is 4. The second-order valence-electron chi connectivity index (χ2n) is 4.58. The Morgan fingerprint density at radius 3 is 2.78 bits per heavy atom. The predicted molar refractivity (Wildman–Crippen MR) is 88.4 cm³/mol. The molecule has 3 aromatic rings. The summed E-state index contributed by atoms with van der Waals surface area (Å²) in [4.78, 5) is 12.2. The SMILES string of the molecule is COc1cccc(-c2nnc(NC(=O)c3ccccc3Br)o2)c1. The van der Waals surface area contributed by atoms with Crippen LogP contribution in [-0.2, 0) is 0 Å². The molecule has 0 saturated carbocycles. The summed E-state index contributed by atoms with van der Waals surface area (Å²) in [6.07, 6.45) is 0. The molecule has 6 nitrogen and oxygen atoms in total. The maximum atomic E-state index is 12.2. The third-order valence-electron chi connectivity index (χ3n) is 3.08. The molecule has 0 saturated heterocycles. The van der Waals surface area contributed by atoms with Crippen molar-refractivity contribution in [2.24, 2.45) is 0 Å². The van der Waals surface area contributed by atoms with Gasteiger partial charge >= 0.3 is 6.01 Å². The minimum atomic E-state index is -0.335. The zero-order chi connectivity index (χ0) is 16.2. The lowest BCUT2D eigenvalue weighted by atomic mass is 10.2. The second-order valence-corrected chi connectivity index (χ2v) is 5.43. The molecule has 1 aromatic heterocycles. The van der Waals surface area contributed by atoms with Crippen LogP contribution < -0.4 is 10.1 Å². The minimum Gasteiger partial charge on any atom is -0.497 e. The smallest absolute Gasteiger partial charge is 0.322 e. The zero-order valence-electron chi connectivity index (χ0n) is 12.1. The molecular formula is C16H12BrN3O3. The van der Waals surface area contributed by atoms with Gasteiger partial charge in [0.2, 0.25) is 5.89 Å². The molecule has 7 heteroatoms. The Hall–Kier alpha value is -2.67. The summed E-state index contributed by atoms with van der Waals surface area (Å²) in [5.74, 6) is 0.643. The Balaban J connectivity index is 1.79. The number of hydrogen-bond acceptors (Lipinski definition) is 5. The molecule has 0 atom stereocenters. The van der Waals surface area contributed by atoms with Crippen molar-refractivity contribution in [1.29, 1.82) is 0 Å². The third-order valence-corrected chi connectivity index (χ3v) is 3.77. The van der Waals surface area contributed by atoms with Crippen LogP contribution in [0, 0.1) is 0 Å². The van der Waals surface area contributed by atoms with Crippen molar-refractivity contribution < 1.29 is 13.9 Å². The van der Waals surface area contributed by atoms with Gasteiger partial charge in [-0.3, -0.25) is 10.1 Å². The van der Waals surface area contributed by atoms with E-state index >= 15 is 0 Å². The van der Waals surface area contributed by atoms with Gasteiger partial charge in [-0.05, 0) is 46.3 Å². The highest BCUT2D eigenvalue weighted by atomic mass is 79.9. The Kier molecular flexibility index (Phi) is 4.38. The quantitative estimate of drug-likeness (QED) is 0.753. The molecule has 2 aromatic carbocycles. The molecule has 0 spiro atoms. The molecule has 23 heavy (non-hydrogen) atoms. The van der Waals surface area contributed by atoms with Gasteiger partial charge in [0.1, 0.15) is 5.75 Å². The number of aromatic nitrogens is 2. The van der Waals surface area contributed by atoms with Crippen molar-refractivity contribution >= 4 is 27.9 Å². The molecule has 1 amide bonds. The van der Waals surface area contributed by atoms with Crippen LogP contribution in [0.15, 0.2) is 57.4 Å². The highest BCUT2D eigenvalue weighted by Crippen LogP contribution is 2.24. The van der Waals surface area contributed by atoms with E-state index in [2.05, 4.69) is 31.4 Å². The van der Waals surface area contributed by atoms with Crippen LogP contribution in [-0.4, -0.2) is 23.2 Å². The van der Waals surface area contributed by atoms with Gasteiger partial charge in [-0.15, -0.1) is 5.10 Å². The predicted octanol–water partition coefficient (Wildman–Crippen LogP) is 3.76. The highest BCUT2D eigenvalue weighted by Gasteiger charge is 2.14. The molecule has 0 fully saturated rings. The first kappa shape index (κ1) is 15.2. The summed E-state index contributed by atoms with van der Waals surface area (Å²) in [6, 6.07) is 14.3. The van der Waals surface area contributed by atoms with E-state index in [4.69, 9.17) is 9.15 Å². The maximum Gasteiger partial charge on any atom is 0.322 e. The lowest BCUT2D eigenvalue weighted by Crippen LogP contribution is -2.12. The Labute approximate surface area is 140 Å². The Morgan fingerprint density at radius 1 is 1.17 bits per heavy atom. The maximum absolute atomic E-state index is 12.2. The van der Waals surface area contributed by atoms with Gasteiger partial charge in [0, 0.05) is 10.0 Å². The fourth-order valence-corrected chi connectivity index (χ4v) is 2.42. The number of methoxy groups -OCH3 is 1. The highest BCUT2D eigenvalue weighted by molar-refractivity contribution is 9.10. The average molecular weight is 374 g/mol. The van der Waals surface area contributed by atoms with Crippen molar-refractivity contribution in [2.45, 2.75) is 0 Å². The van der Waals surface area contributed by atoms with Crippen molar-refractivity contribution in [3.05, 3.63) is 58.6 Å². The molecule has 0 bridgehead atoms. The van der Waals surface area contributed by atoms with E-state index in [0.29, 0.717) is 27.2 Å². The largest absolute Gasteiger partial charge is 0.497 e. The first-order chi connectivity index (χ1) is 11.2. The topological polar surface area (TPSA) is 77.3 Å². The average Bonchev–Trinajstić information content (AvgIpc) is 3.03. The summed E-state index contributed by atoms with van der Waals surface area (Å²) in [7, 11) is 1.58. The van der Waals surface area contributed by atoms with Crippen LogP contribution in [0.3, 0.4) is 0 Å². The van der Waals surface area contributed by atoms with Gasteiger partial charge in [-0.1, -0.05) is 23.3 Å². The molecule has 1 heterocycles.